The lowest BCUT2D eigenvalue weighted by atomic mass is 10.3. The van der Waals surface area contributed by atoms with E-state index in [9.17, 15) is 0 Å². The zero-order chi connectivity index (χ0) is 13.5. The summed E-state index contributed by atoms with van der Waals surface area (Å²) in [5, 5.41) is 3.55. The zero-order valence-corrected chi connectivity index (χ0v) is 11.1. The molecule has 0 saturated carbocycles. The van der Waals surface area contributed by atoms with Crippen LogP contribution in [0.15, 0.2) is 36.5 Å². The van der Waals surface area contributed by atoms with Gasteiger partial charge in [-0.25, -0.2) is 4.98 Å². The highest BCUT2D eigenvalue weighted by Gasteiger charge is 2.02. The fourth-order valence-electron chi connectivity index (χ4n) is 1.49. The maximum absolute atomic E-state index is 5.93. The van der Waals surface area contributed by atoms with E-state index in [0.29, 0.717) is 24.0 Å². The molecule has 1 heterocycles. The van der Waals surface area contributed by atoms with E-state index in [1.54, 1.807) is 0 Å². The Morgan fingerprint density at radius 3 is 2.84 bits per heavy atom. The average Bonchev–Trinajstić information content (AvgIpc) is 2.43. The van der Waals surface area contributed by atoms with Crippen molar-refractivity contribution < 1.29 is 4.74 Å². The lowest BCUT2D eigenvalue weighted by Crippen LogP contribution is -2.09. The summed E-state index contributed by atoms with van der Waals surface area (Å²) in [5.74, 6) is 1.62. The molecular formula is C13H15ClN4O. The first-order chi connectivity index (χ1) is 9.25. The van der Waals surface area contributed by atoms with Crippen molar-refractivity contribution >= 4 is 23.4 Å². The molecule has 0 aliphatic heterocycles. The number of para-hydroxylation sites is 1. The monoisotopic (exact) mass is 278 g/mol. The van der Waals surface area contributed by atoms with Gasteiger partial charge in [0.2, 0.25) is 5.95 Å². The summed E-state index contributed by atoms with van der Waals surface area (Å²) in [6.45, 7) is 1.32. The lowest BCUT2D eigenvalue weighted by molar-refractivity contribution is 0.315. The van der Waals surface area contributed by atoms with Crippen LogP contribution in [0.25, 0.3) is 0 Å². The van der Waals surface area contributed by atoms with E-state index in [2.05, 4.69) is 15.3 Å². The highest BCUT2D eigenvalue weighted by Crippen LogP contribution is 2.18. The van der Waals surface area contributed by atoms with Crippen LogP contribution < -0.4 is 15.8 Å². The van der Waals surface area contributed by atoms with Crippen LogP contribution in [0.5, 0.6) is 5.75 Å². The van der Waals surface area contributed by atoms with Crippen molar-refractivity contribution in [2.45, 2.75) is 6.42 Å². The number of nitrogens with zero attached hydrogens (tertiary/aromatic N) is 2. The molecule has 1 aromatic heterocycles. The van der Waals surface area contributed by atoms with Gasteiger partial charge in [0.15, 0.2) is 0 Å². The molecule has 0 atom stereocenters. The van der Waals surface area contributed by atoms with Crippen LogP contribution in [0.3, 0.4) is 0 Å². The predicted molar refractivity (Wildman–Crippen MR) is 76.5 cm³/mol. The maximum Gasteiger partial charge on any atom is 0.222 e. The standard InChI is InChI=1S/C13H15ClN4O/c14-11-9-17-13(15)18-12(11)16-7-4-8-19-10-5-2-1-3-6-10/h1-3,5-6,9H,4,7-8H2,(H3,15,16,17,18). The first kappa shape index (κ1) is 13.4. The number of ether oxygens (including phenoxy) is 1. The number of nitrogens with one attached hydrogen (secondary N) is 1. The summed E-state index contributed by atoms with van der Waals surface area (Å²) in [5.41, 5.74) is 5.49. The number of benzene rings is 1. The van der Waals surface area contributed by atoms with Crippen LogP contribution in [0.2, 0.25) is 5.02 Å². The van der Waals surface area contributed by atoms with Crippen LogP contribution in [-0.2, 0) is 0 Å². The molecule has 2 aromatic rings. The van der Waals surface area contributed by atoms with Gasteiger partial charge in [-0.1, -0.05) is 29.8 Å². The van der Waals surface area contributed by atoms with Crippen molar-refractivity contribution in [2.24, 2.45) is 0 Å². The second kappa shape index (κ2) is 6.80. The molecule has 0 amide bonds. The van der Waals surface area contributed by atoms with Gasteiger partial charge in [-0.3, -0.25) is 0 Å². The summed E-state index contributed by atoms with van der Waals surface area (Å²) < 4.78 is 5.57. The number of hydrogen-bond acceptors (Lipinski definition) is 5. The summed E-state index contributed by atoms with van der Waals surface area (Å²) >= 11 is 5.93. The second-order valence-electron chi connectivity index (χ2n) is 3.87. The zero-order valence-electron chi connectivity index (χ0n) is 10.3. The molecule has 5 nitrogen and oxygen atoms in total. The third-order valence-corrected chi connectivity index (χ3v) is 2.66. The molecule has 0 aliphatic carbocycles. The largest absolute Gasteiger partial charge is 0.494 e. The Morgan fingerprint density at radius 2 is 2.05 bits per heavy atom. The Kier molecular flexibility index (Phi) is 4.80. The highest BCUT2D eigenvalue weighted by molar-refractivity contribution is 6.32. The van der Waals surface area contributed by atoms with Crippen molar-refractivity contribution in [3.05, 3.63) is 41.6 Å². The van der Waals surface area contributed by atoms with Crippen LogP contribution in [-0.4, -0.2) is 23.1 Å². The first-order valence-corrected chi connectivity index (χ1v) is 6.33. The molecule has 0 unspecified atom stereocenters. The minimum absolute atomic E-state index is 0.201. The van der Waals surface area contributed by atoms with Crippen LogP contribution in [0, 0.1) is 0 Å². The predicted octanol–water partition coefficient (Wildman–Crippen LogP) is 2.59. The number of aromatic nitrogens is 2. The highest BCUT2D eigenvalue weighted by atomic mass is 35.5. The fraction of sp³-hybridized carbons (Fsp3) is 0.231. The Balaban J connectivity index is 1.71. The van der Waals surface area contributed by atoms with Crippen LogP contribution in [0.4, 0.5) is 11.8 Å². The van der Waals surface area contributed by atoms with E-state index in [0.717, 1.165) is 12.2 Å². The molecular weight excluding hydrogens is 264 g/mol. The number of rotatable bonds is 6. The van der Waals surface area contributed by atoms with Gasteiger partial charge < -0.3 is 15.8 Å². The molecule has 0 saturated heterocycles. The van der Waals surface area contributed by atoms with Gasteiger partial charge in [0.25, 0.3) is 0 Å². The van der Waals surface area contributed by atoms with Gasteiger partial charge in [-0.15, -0.1) is 0 Å². The normalized spacial score (nSPS) is 10.2. The SMILES string of the molecule is Nc1ncc(Cl)c(NCCCOc2ccccc2)n1. The molecule has 6 heteroatoms. The van der Waals surface area contributed by atoms with Crippen LogP contribution >= 0.6 is 11.6 Å². The molecule has 19 heavy (non-hydrogen) atoms. The first-order valence-electron chi connectivity index (χ1n) is 5.95. The van der Waals surface area contributed by atoms with E-state index in [4.69, 9.17) is 22.1 Å². The lowest BCUT2D eigenvalue weighted by Gasteiger charge is -2.08. The molecule has 0 radical (unpaired) electrons. The molecule has 3 N–H and O–H groups in total. The van der Waals surface area contributed by atoms with E-state index in [-0.39, 0.29) is 5.95 Å². The van der Waals surface area contributed by atoms with Crippen molar-refractivity contribution in [3.8, 4) is 5.75 Å². The Bertz CT molecular complexity index is 521. The van der Waals surface area contributed by atoms with E-state index < -0.39 is 0 Å². The summed E-state index contributed by atoms with van der Waals surface area (Å²) in [6.07, 6.45) is 2.31. The van der Waals surface area contributed by atoms with Gasteiger partial charge >= 0.3 is 0 Å². The quantitative estimate of drug-likeness (QED) is 0.795. The summed E-state index contributed by atoms with van der Waals surface area (Å²) in [7, 11) is 0. The Hall–Kier alpha value is -2.01. The Morgan fingerprint density at radius 1 is 1.26 bits per heavy atom. The number of anilines is 2. The molecule has 0 fully saturated rings. The number of halogens is 1. The van der Waals surface area contributed by atoms with Crippen molar-refractivity contribution in [2.75, 3.05) is 24.2 Å². The molecule has 100 valence electrons. The van der Waals surface area contributed by atoms with E-state index in [1.165, 1.54) is 6.20 Å². The number of nitrogen functional groups attached to an aromatic ring is 1. The minimum Gasteiger partial charge on any atom is -0.494 e. The number of nitrogens with two attached hydrogens (primary N) is 1. The average molecular weight is 279 g/mol. The van der Waals surface area contributed by atoms with Gasteiger partial charge in [-0.05, 0) is 18.6 Å². The molecule has 2 rings (SSSR count). The third kappa shape index (κ3) is 4.30. The third-order valence-electron chi connectivity index (χ3n) is 2.39. The van der Waals surface area contributed by atoms with Gasteiger partial charge in [0.05, 0.1) is 12.8 Å². The topological polar surface area (TPSA) is 73.1 Å². The van der Waals surface area contributed by atoms with Crippen molar-refractivity contribution in [1.82, 2.24) is 9.97 Å². The number of hydrogen-bond donors (Lipinski definition) is 2. The molecule has 1 aromatic carbocycles. The van der Waals surface area contributed by atoms with Gasteiger partial charge in [0.1, 0.15) is 16.6 Å². The minimum atomic E-state index is 0.201. The van der Waals surface area contributed by atoms with Crippen molar-refractivity contribution in [3.63, 3.8) is 0 Å². The molecule has 0 bridgehead atoms. The van der Waals surface area contributed by atoms with Gasteiger partial charge in [-0.2, -0.15) is 4.98 Å². The van der Waals surface area contributed by atoms with E-state index >= 15 is 0 Å². The second-order valence-corrected chi connectivity index (χ2v) is 4.27. The van der Waals surface area contributed by atoms with Crippen LogP contribution in [0.1, 0.15) is 6.42 Å². The Labute approximate surface area is 116 Å². The molecule has 0 spiro atoms. The summed E-state index contributed by atoms with van der Waals surface area (Å²) in [6, 6.07) is 9.69. The summed E-state index contributed by atoms with van der Waals surface area (Å²) in [4.78, 5) is 7.80. The molecule has 0 aliphatic rings. The maximum atomic E-state index is 5.93. The van der Waals surface area contributed by atoms with Crippen molar-refractivity contribution in [1.29, 1.82) is 0 Å². The fourth-order valence-corrected chi connectivity index (χ4v) is 1.65. The van der Waals surface area contributed by atoms with E-state index in [1.807, 2.05) is 30.3 Å². The smallest absolute Gasteiger partial charge is 0.222 e. The van der Waals surface area contributed by atoms with Gasteiger partial charge in [0, 0.05) is 6.54 Å².